The van der Waals surface area contributed by atoms with Crippen molar-refractivity contribution in [3.05, 3.63) is 0 Å². The van der Waals surface area contributed by atoms with Crippen LogP contribution in [0.25, 0.3) is 0 Å². The summed E-state index contributed by atoms with van der Waals surface area (Å²) in [6.07, 6.45) is 12.8. The third-order valence-corrected chi connectivity index (χ3v) is 4.85. The molecular weight excluding hydrogens is 376 g/mol. The zero-order valence-electron chi connectivity index (χ0n) is 18.0. The first-order valence-corrected chi connectivity index (χ1v) is 10.9. The highest BCUT2D eigenvalue weighted by atomic mass is 16.4. The van der Waals surface area contributed by atoms with E-state index in [1.54, 1.807) is 0 Å². The Morgan fingerprint density at radius 1 is 0.517 bits per heavy atom. The normalized spacial score (nSPS) is 11.3. The Bertz CT molecular complexity index is 442. The molecular formula is C21H40N2O6. The van der Waals surface area contributed by atoms with Crippen LogP contribution in [0.3, 0.4) is 0 Å². The molecule has 0 bridgehead atoms. The number of aliphatic carboxylic acids is 3. The highest BCUT2D eigenvalue weighted by molar-refractivity contribution is 5.72. The molecule has 3 N–H and O–H groups in total. The highest BCUT2D eigenvalue weighted by Gasteiger charge is 2.15. The van der Waals surface area contributed by atoms with Crippen LogP contribution in [0.1, 0.15) is 77.6 Å². The van der Waals surface area contributed by atoms with E-state index >= 15 is 0 Å². The van der Waals surface area contributed by atoms with Crippen molar-refractivity contribution in [1.29, 1.82) is 0 Å². The first-order chi connectivity index (χ1) is 13.8. The van der Waals surface area contributed by atoms with Gasteiger partial charge in [-0.25, -0.2) is 0 Å². The zero-order valence-corrected chi connectivity index (χ0v) is 18.0. The van der Waals surface area contributed by atoms with Crippen LogP contribution in [0.5, 0.6) is 0 Å². The molecule has 0 amide bonds. The van der Waals surface area contributed by atoms with E-state index in [9.17, 15) is 14.4 Å². The molecule has 0 aliphatic rings. The average molecular weight is 417 g/mol. The van der Waals surface area contributed by atoms with Gasteiger partial charge in [-0.2, -0.15) is 0 Å². The maximum absolute atomic E-state index is 11.1. The summed E-state index contributed by atoms with van der Waals surface area (Å²) in [6.45, 7) is 3.03. The standard InChI is InChI=1S/C21H40N2O6/c1-2-3-4-5-6-7-8-9-10-11-13-22(16-19(24)25)14-12-15-23(17-20(26)27)18-21(28)29/h2-18H2,1H3,(H,24,25)(H,26,27)(H,28,29). The van der Waals surface area contributed by atoms with Gasteiger partial charge in [0.1, 0.15) is 0 Å². The summed E-state index contributed by atoms with van der Waals surface area (Å²) in [5, 5.41) is 26.8. The lowest BCUT2D eigenvalue weighted by atomic mass is 10.1. The van der Waals surface area contributed by atoms with Crippen LogP contribution in [0.4, 0.5) is 0 Å². The SMILES string of the molecule is CCCCCCCCCCCCN(CCCN(CC(=O)O)CC(=O)O)CC(=O)O. The van der Waals surface area contributed by atoms with Gasteiger partial charge in [-0.05, 0) is 25.9 Å². The van der Waals surface area contributed by atoms with Crippen molar-refractivity contribution in [2.24, 2.45) is 0 Å². The van der Waals surface area contributed by atoms with Gasteiger partial charge in [0.25, 0.3) is 0 Å². The summed E-state index contributed by atoms with van der Waals surface area (Å²) >= 11 is 0. The van der Waals surface area contributed by atoms with Gasteiger partial charge in [0.05, 0.1) is 19.6 Å². The molecule has 0 fully saturated rings. The first-order valence-electron chi connectivity index (χ1n) is 10.9. The predicted octanol–water partition coefficient (Wildman–Crippen LogP) is 3.16. The third kappa shape index (κ3) is 19.4. The Morgan fingerprint density at radius 3 is 1.31 bits per heavy atom. The molecule has 0 aliphatic carbocycles. The molecule has 0 aromatic carbocycles. The Balaban J connectivity index is 4.02. The van der Waals surface area contributed by atoms with Gasteiger partial charge in [-0.15, -0.1) is 0 Å². The number of unbranched alkanes of at least 4 members (excludes halogenated alkanes) is 9. The second-order valence-electron chi connectivity index (χ2n) is 7.70. The van der Waals surface area contributed by atoms with Crippen LogP contribution < -0.4 is 0 Å². The van der Waals surface area contributed by atoms with Crippen molar-refractivity contribution in [1.82, 2.24) is 9.80 Å². The maximum Gasteiger partial charge on any atom is 0.317 e. The van der Waals surface area contributed by atoms with E-state index in [1.807, 2.05) is 4.90 Å². The Labute approximate surface area is 174 Å². The number of hydrogen-bond acceptors (Lipinski definition) is 5. The molecule has 0 atom stereocenters. The van der Waals surface area contributed by atoms with Crippen molar-refractivity contribution in [2.45, 2.75) is 77.6 Å². The van der Waals surface area contributed by atoms with E-state index in [2.05, 4.69) is 6.92 Å². The van der Waals surface area contributed by atoms with Gasteiger partial charge >= 0.3 is 17.9 Å². The maximum atomic E-state index is 11.1. The van der Waals surface area contributed by atoms with Crippen LogP contribution in [0.2, 0.25) is 0 Å². The molecule has 8 nitrogen and oxygen atoms in total. The zero-order chi connectivity index (χ0) is 21.9. The van der Waals surface area contributed by atoms with Crippen molar-refractivity contribution in [2.75, 3.05) is 39.3 Å². The number of carboxylic acid groups (broad SMARTS) is 3. The fourth-order valence-corrected chi connectivity index (χ4v) is 3.40. The minimum Gasteiger partial charge on any atom is -0.480 e. The van der Waals surface area contributed by atoms with Crippen molar-refractivity contribution < 1.29 is 29.7 Å². The first kappa shape index (κ1) is 27.3. The summed E-state index contributed by atoms with van der Waals surface area (Å²) < 4.78 is 0. The molecule has 0 radical (unpaired) electrons. The molecule has 8 heteroatoms. The molecule has 0 heterocycles. The van der Waals surface area contributed by atoms with Crippen LogP contribution in [0.15, 0.2) is 0 Å². The Morgan fingerprint density at radius 2 is 0.862 bits per heavy atom. The monoisotopic (exact) mass is 416 g/mol. The summed E-state index contributed by atoms with van der Waals surface area (Å²) in [6, 6.07) is 0. The number of carbonyl (C=O) groups is 3. The van der Waals surface area contributed by atoms with Crippen LogP contribution in [-0.2, 0) is 14.4 Å². The molecule has 0 rings (SSSR count). The quantitative estimate of drug-likeness (QED) is 0.244. The van der Waals surface area contributed by atoms with Crippen molar-refractivity contribution in [3.8, 4) is 0 Å². The van der Waals surface area contributed by atoms with Crippen LogP contribution in [0, 0.1) is 0 Å². The van der Waals surface area contributed by atoms with Gasteiger partial charge in [-0.1, -0.05) is 64.7 Å². The van der Waals surface area contributed by atoms with E-state index in [-0.39, 0.29) is 19.6 Å². The minimum absolute atomic E-state index is 0.0463. The fourth-order valence-electron chi connectivity index (χ4n) is 3.40. The number of nitrogens with zero attached hydrogens (tertiary/aromatic N) is 2. The molecule has 170 valence electrons. The molecule has 0 aromatic heterocycles. The summed E-state index contributed by atoms with van der Waals surface area (Å²) in [4.78, 5) is 35.9. The van der Waals surface area contributed by atoms with Crippen LogP contribution >= 0.6 is 0 Å². The van der Waals surface area contributed by atoms with Gasteiger partial charge in [0.15, 0.2) is 0 Å². The third-order valence-electron chi connectivity index (χ3n) is 4.85. The number of carboxylic acids is 3. The predicted molar refractivity (Wildman–Crippen MR) is 112 cm³/mol. The van der Waals surface area contributed by atoms with E-state index in [4.69, 9.17) is 15.3 Å². The second kappa shape index (κ2) is 18.4. The lowest BCUT2D eigenvalue weighted by Gasteiger charge is -2.23. The topological polar surface area (TPSA) is 118 Å². The van der Waals surface area contributed by atoms with Gasteiger partial charge in [0, 0.05) is 6.54 Å². The summed E-state index contributed by atoms with van der Waals surface area (Å²) in [5.74, 6) is -3.02. The number of rotatable bonds is 21. The van der Waals surface area contributed by atoms with Gasteiger partial charge in [0.2, 0.25) is 0 Å². The molecule has 0 saturated carbocycles. The van der Waals surface area contributed by atoms with Crippen molar-refractivity contribution in [3.63, 3.8) is 0 Å². The Kier molecular flexibility index (Phi) is 17.3. The molecule has 0 aromatic rings. The van der Waals surface area contributed by atoms with Gasteiger partial charge in [-0.3, -0.25) is 24.2 Å². The molecule has 0 saturated heterocycles. The minimum atomic E-state index is -1.07. The molecule has 0 spiro atoms. The lowest BCUT2D eigenvalue weighted by molar-refractivity contribution is -0.142. The van der Waals surface area contributed by atoms with E-state index in [0.29, 0.717) is 26.1 Å². The lowest BCUT2D eigenvalue weighted by Crippen LogP contribution is -2.38. The highest BCUT2D eigenvalue weighted by Crippen LogP contribution is 2.11. The molecule has 0 unspecified atom stereocenters. The van der Waals surface area contributed by atoms with E-state index < -0.39 is 17.9 Å². The summed E-state index contributed by atoms with van der Waals surface area (Å²) in [7, 11) is 0. The summed E-state index contributed by atoms with van der Waals surface area (Å²) in [5.41, 5.74) is 0. The largest absolute Gasteiger partial charge is 0.480 e. The molecule has 0 aliphatic heterocycles. The molecule has 29 heavy (non-hydrogen) atoms. The average Bonchev–Trinajstić information content (AvgIpc) is 2.61. The smallest absolute Gasteiger partial charge is 0.317 e. The van der Waals surface area contributed by atoms with Crippen molar-refractivity contribution >= 4 is 17.9 Å². The van der Waals surface area contributed by atoms with Crippen LogP contribution in [-0.4, -0.2) is 82.3 Å². The van der Waals surface area contributed by atoms with Gasteiger partial charge < -0.3 is 15.3 Å². The number of hydrogen-bond donors (Lipinski definition) is 3. The second-order valence-corrected chi connectivity index (χ2v) is 7.70. The van der Waals surface area contributed by atoms with E-state index in [0.717, 1.165) is 12.8 Å². The Hall–Kier alpha value is -1.67. The fraction of sp³-hybridized carbons (Fsp3) is 0.857. The van der Waals surface area contributed by atoms with E-state index in [1.165, 1.54) is 56.3 Å².